The van der Waals surface area contributed by atoms with E-state index in [4.69, 9.17) is 11.6 Å². The summed E-state index contributed by atoms with van der Waals surface area (Å²) in [5.41, 5.74) is 0.822. The molecular weight excluding hydrogens is 360 g/mol. The zero-order valence-corrected chi connectivity index (χ0v) is 14.9. The quantitative estimate of drug-likeness (QED) is 0.731. The van der Waals surface area contributed by atoms with Crippen LogP contribution in [-0.4, -0.2) is 21.4 Å². The van der Waals surface area contributed by atoms with E-state index in [-0.39, 0.29) is 15.5 Å². The first-order valence-corrected chi connectivity index (χ1v) is 9.30. The second-order valence-corrected chi connectivity index (χ2v) is 7.63. The van der Waals surface area contributed by atoms with Crippen molar-refractivity contribution in [2.45, 2.75) is 4.90 Å². The summed E-state index contributed by atoms with van der Waals surface area (Å²) in [6.07, 6.45) is 0. The Hall–Kier alpha value is -2.41. The Labute approximate surface area is 150 Å². The molecule has 0 aliphatic rings. The minimum atomic E-state index is -3.75. The van der Waals surface area contributed by atoms with Gasteiger partial charge in [-0.1, -0.05) is 41.9 Å². The lowest BCUT2D eigenvalue weighted by Crippen LogP contribution is -2.20. The normalized spacial score (nSPS) is 11.4. The lowest BCUT2D eigenvalue weighted by molar-refractivity contribution is 0.102. The summed E-state index contributed by atoms with van der Waals surface area (Å²) in [4.78, 5) is 12.3. The molecule has 1 amide bonds. The first-order chi connectivity index (χ1) is 11.9. The smallest absolute Gasteiger partial charge is 0.255 e. The van der Waals surface area contributed by atoms with E-state index in [1.54, 1.807) is 6.07 Å². The Morgan fingerprint density at radius 2 is 1.68 bits per heavy atom. The SMILES string of the molecule is CNS(=O)(=O)c1cc(C(=O)Nc2ccc3ccccc3c2)ccc1Cl. The number of sulfonamides is 1. The Morgan fingerprint density at radius 1 is 0.960 bits per heavy atom. The fourth-order valence-corrected chi connectivity index (χ4v) is 3.68. The molecule has 0 saturated heterocycles. The van der Waals surface area contributed by atoms with Crippen molar-refractivity contribution in [3.63, 3.8) is 0 Å². The van der Waals surface area contributed by atoms with Gasteiger partial charge in [0.2, 0.25) is 10.0 Å². The third-order valence-electron chi connectivity index (χ3n) is 3.76. The predicted octanol–water partition coefficient (Wildman–Crippen LogP) is 3.65. The zero-order chi connectivity index (χ0) is 18.0. The minimum Gasteiger partial charge on any atom is -0.322 e. The van der Waals surface area contributed by atoms with Crippen LogP contribution in [0.5, 0.6) is 0 Å². The fourth-order valence-electron chi connectivity index (χ4n) is 2.43. The van der Waals surface area contributed by atoms with Crippen LogP contribution in [0.3, 0.4) is 0 Å². The summed E-state index contributed by atoms with van der Waals surface area (Å²) in [5, 5.41) is 4.88. The molecule has 3 aromatic rings. The van der Waals surface area contributed by atoms with Crippen LogP contribution in [0.1, 0.15) is 10.4 Å². The van der Waals surface area contributed by atoms with Gasteiger partial charge in [0.15, 0.2) is 0 Å². The van der Waals surface area contributed by atoms with E-state index in [0.717, 1.165) is 10.8 Å². The molecule has 3 aromatic carbocycles. The van der Waals surface area contributed by atoms with E-state index in [9.17, 15) is 13.2 Å². The molecule has 128 valence electrons. The lowest BCUT2D eigenvalue weighted by Gasteiger charge is -2.09. The summed E-state index contributed by atoms with van der Waals surface area (Å²) < 4.78 is 26.1. The van der Waals surface area contributed by atoms with Gasteiger partial charge in [-0.05, 0) is 48.2 Å². The number of hydrogen-bond donors (Lipinski definition) is 2. The average Bonchev–Trinajstić information content (AvgIpc) is 2.61. The molecule has 5 nitrogen and oxygen atoms in total. The fraction of sp³-hybridized carbons (Fsp3) is 0.0556. The first-order valence-electron chi connectivity index (χ1n) is 7.44. The molecule has 3 rings (SSSR count). The van der Waals surface area contributed by atoms with Gasteiger partial charge in [0.25, 0.3) is 5.91 Å². The molecule has 7 heteroatoms. The molecule has 0 fully saturated rings. The third-order valence-corrected chi connectivity index (χ3v) is 5.65. The average molecular weight is 375 g/mol. The van der Waals surface area contributed by atoms with Crippen molar-refractivity contribution >= 4 is 44.0 Å². The van der Waals surface area contributed by atoms with Crippen LogP contribution in [0.2, 0.25) is 5.02 Å². The standard InChI is InChI=1S/C18H15ClN2O3S/c1-20-25(23,24)17-11-14(7-9-16(17)19)18(22)21-15-8-6-12-4-2-3-5-13(12)10-15/h2-11,20H,1H3,(H,21,22). The van der Waals surface area contributed by atoms with Gasteiger partial charge in [-0.15, -0.1) is 0 Å². The van der Waals surface area contributed by atoms with E-state index < -0.39 is 15.9 Å². The van der Waals surface area contributed by atoms with Crippen LogP contribution in [0.15, 0.2) is 65.6 Å². The summed E-state index contributed by atoms with van der Waals surface area (Å²) in [6.45, 7) is 0. The number of rotatable bonds is 4. The lowest BCUT2D eigenvalue weighted by atomic mass is 10.1. The Morgan fingerprint density at radius 3 is 2.40 bits per heavy atom. The predicted molar refractivity (Wildman–Crippen MR) is 99.6 cm³/mol. The van der Waals surface area contributed by atoms with Crippen LogP contribution in [0.25, 0.3) is 10.8 Å². The molecule has 0 aromatic heterocycles. The Kier molecular flexibility index (Phi) is 4.76. The number of fused-ring (bicyclic) bond motifs is 1. The maximum atomic E-state index is 12.5. The maximum absolute atomic E-state index is 12.5. The number of carbonyl (C=O) groups excluding carboxylic acids is 1. The zero-order valence-electron chi connectivity index (χ0n) is 13.3. The topological polar surface area (TPSA) is 75.3 Å². The second kappa shape index (κ2) is 6.84. The first kappa shape index (κ1) is 17.4. The minimum absolute atomic E-state index is 0.0524. The van der Waals surface area contributed by atoms with E-state index in [1.165, 1.54) is 25.2 Å². The maximum Gasteiger partial charge on any atom is 0.255 e. The number of carbonyl (C=O) groups is 1. The Bertz CT molecular complexity index is 1060. The van der Waals surface area contributed by atoms with Crippen LogP contribution in [0.4, 0.5) is 5.69 Å². The monoisotopic (exact) mass is 374 g/mol. The molecule has 25 heavy (non-hydrogen) atoms. The van der Waals surface area contributed by atoms with Gasteiger partial charge in [-0.25, -0.2) is 13.1 Å². The molecule has 0 aliphatic carbocycles. The summed E-state index contributed by atoms with van der Waals surface area (Å²) in [5.74, 6) is -0.417. The van der Waals surface area contributed by atoms with Crippen molar-refractivity contribution in [3.05, 3.63) is 71.2 Å². The van der Waals surface area contributed by atoms with Crippen molar-refractivity contribution in [1.29, 1.82) is 0 Å². The van der Waals surface area contributed by atoms with Crippen LogP contribution in [-0.2, 0) is 10.0 Å². The summed E-state index contributed by atoms with van der Waals surface area (Å²) >= 11 is 5.94. The highest BCUT2D eigenvalue weighted by Gasteiger charge is 2.18. The molecule has 0 saturated carbocycles. The van der Waals surface area contributed by atoms with Gasteiger partial charge in [0, 0.05) is 11.3 Å². The van der Waals surface area contributed by atoms with Crippen molar-refractivity contribution in [2.75, 3.05) is 12.4 Å². The van der Waals surface area contributed by atoms with E-state index in [0.29, 0.717) is 5.69 Å². The number of amides is 1. The van der Waals surface area contributed by atoms with Crippen molar-refractivity contribution < 1.29 is 13.2 Å². The van der Waals surface area contributed by atoms with Crippen LogP contribution < -0.4 is 10.0 Å². The summed E-state index contributed by atoms with van der Waals surface area (Å²) in [6, 6.07) is 17.5. The third kappa shape index (κ3) is 3.66. The molecule has 0 radical (unpaired) electrons. The Balaban J connectivity index is 1.91. The number of halogens is 1. The molecule has 0 bridgehead atoms. The van der Waals surface area contributed by atoms with E-state index >= 15 is 0 Å². The van der Waals surface area contributed by atoms with E-state index in [2.05, 4.69) is 10.0 Å². The molecule has 0 aliphatic heterocycles. The van der Waals surface area contributed by atoms with Gasteiger partial charge in [-0.2, -0.15) is 0 Å². The van der Waals surface area contributed by atoms with Gasteiger partial charge in [-0.3, -0.25) is 4.79 Å². The van der Waals surface area contributed by atoms with Crippen molar-refractivity contribution in [3.8, 4) is 0 Å². The van der Waals surface area contributed by atoms with Gasteiger partial charge >= 0.3 is 0 Å². The number of hydrogen-bond acceptors (Lipinski definition) is 3. The molecule has 0 atom stereocenters. The molecular formula is C18H15ClN2O3S. The highest BCUT2D eigenvalue weighted by atomic mass is 35.5. The van der Waals surface area contributed by atoms with Gasteiger partial charge in [0.1, 0.15) is 4.90 Å². The highest BCUT2D eigenvalue weighted by molar-refractivity contribution is 7.89. The number of anilines is 1. The molecule has 0 spiro atoms. The van der Waals surface area contributed by atoms with Crippen LogP contribution in [0, 0.1) is 0 Å². The molecule has 0 heterocycles. The summed E-state index contributed by atoms with van der Waals surface area (Å²) in [7, 11) is -2.46. The largest absolute Gasteiger partial charge is 0.322 e. The highest BCUT2D eigenvalue weighted by Crippen LogP contribution is 2.24. The second-order valence-electron chi connectivity index (χ2n) is 5.37. The van der Waals surface area contributed by atoms with Gasteiger partial charge < -0.3 is 5.32 Å². The van der Waals surface area contributed by atoms with E-state index in [1.807, 2.05) is 36.4 Å². The number of benzene rings is 3. The molecule has 2 N–H and O–H groups in total. The molecule has 0 unspecified atom stereocenters. The van der Waals surface area contributed by atoms with Crippen molar-refractivity contribution in [1.82, 2.24) is 4.72 Å². The van der Waals surface area contributed by atoms with Gasteiger partial charge in [0.05, 0.1) is 5.02 Å². The van der Waals surface area contributed by atoms with Crippen LogP contribution >= 0.6 is 11.6 Å². The van der Waals surface area contributed by atoms with Crippen molar-refractivity contribution in [2.24, 2.45) is 0 Å². The number of nitrogens with one attached hydrogen (secondary N) is 2.